The number of hydrogen-bond acceptors (Lipinski definition) is 4. The molecule has 1 heterocycles. The van der Waals surface area contributed by atoms with Gasteiger partial charge in [-0.15, -0.1) is 0 Å². The number of aromatic nitrogens is 1. The first kappa shape index (κ1) is 18.7. The molecule has 1 N–H and O–H groups in total. The molecule has 0 bridgehead atoms. The number of allylic oxidation sites excluding steroid dienone is 3. The molecule has 2 aromatic rings. The maximum Gasteiger partial charge on any atom is 0.312 e. The Morgan fingerprint density at radius 1 is 1.07 bits per heavy atom. The molecule has 2 unspecified atom stereocenters. The summed E-state index contributed by atoms with van der Waals surface area (Å²) in [7, 11) is 0. The molecule has 0 saturated carbocycles. The van der Waals surface area contributed by atoms with Gasteiger partial charge in [0.15, 0.2) is 17.0 Å². The van der Waals surface area contributed by atoms with Gasteiger partial charge < -0.3 is 5.11 Å². The molecule has 1 aromatic heterocycles. The zero-order valence-corrected chi connectivity index (χ0v) is 14.6. The van der Waals surface area contributed by atoms with Gasteiger partial charge in [-0.2, -0.15) is 0 Å². The molecule has 1 aliphatic rings. The molecule has 7 heteroatoms. The summed E-state index contributed by atoms with van der Waals surface area (Å²) in [4.78, 5) is 42.2. The number of halogens is 2. The lowest BCUT2D eigenvalue weighted by atomic mass is 9.63. The van der Waals surface area contributed by atoms with Gasteiger partial charge in [0.25, 0.3) is 0 Å². The molecule has 136 valence electrons. The minimum Gasteiger partial charge on any atom is -0.481 e. The smallest absolute Gasteiger partial charge is 0.312 e. The zero-order chi connectivity index (χ0) is 19.6. The topological polar surface area (TPSA) is 84.3 Å². The highest BCUT2D eigenvalue weighted by atomic mass is 35.5. The maximum atomic E-state index is 15.1. The van der Waals surface area contributed by atoms with Crippen LogP contribution in [0.4, 0.5) is 4.39 Å². The summed E-state index contributed by atoms with van der Waals surface area (Å²) < 4.78 is 15.1. The Morgan fingerprint density at radius 2 is 1.74 bits per heavy atom. The minimum atomic E-state index is -2.56. The van der Waals surface area contributed by atoms with E-state index in [2.05, 4.69) is 4.98 Å². The molecule has 1 aromatic carbocycles. The first-order valence-electron chi connectivity index (χ1n) is 7.91. The number of benzene rings is 1. The number of ketones is 2. The molecule has 0 saturated heterocycles. The maximum absolute atomic E-state index is 15.1. The van der Waals surface area contributed by atoms with Crippen molar-refractivity contribution in [2.45, 2.75) is 0 Å². The third-order valence-electron chi connectivity index (χ3n) is 4.40. The lowest BCUT2D eigenvalue weighted by molar-refractivity contribution is -0.142. The van der Waals surface area contributed by atoms with Gasteiger partial charge in [-0.25, -0.2) is 4.39 Å². The summed E-state index contributed by atoms with van der Waals surface area (Å²) in [5.74, 6) is -6.27. The van der Waals surface area contributed by atoms with Crippen molar-refractivity contribution in [3.63, 3.8) is 0 Å². The Hall–Kier alpha value is -3.12. The van der Waals surface area contributed by atoms with Crippen molar-refractivity contribution in [1.29, 1.82) is 0 Å². The Balaban J connectivity index is 2.26. The first-order valence-corrected chi connectivity index (χ1v) is 8.29. The predicted octanol–water partition coefficient (Wildman–Crippen LogP) is 3.91. The third-order valence-corrected chi connectivity index (χ3v) is 4.65. The summed E-state index contributed by atoms with van der Waals surface area (Å²) >= 11 is 5.83. The molecule has 0 spiro atoms. The van der Waals surface area contributed by atoms with Gasteiger partial charge in [0.05, 0.1) is 0 Å². The zero-order valence-electron chi connectivity index (χ0n) is 13.8. The van der Waals surface area contributed by atoms with Gasteiger partial charge in [-0.3, -0.25) is 19.4 Å². The number of carboxylic acid groups (broad SMARTS) is 1. The van der Waals surface area contributed by atoms with E-state index in [1.807, 2.05) is 0 Å². The third kappa shape index (κ3) is 3.08. The number of carbonyl (C=O) groups excluding carboxylic acids is 2. The normalized spacial score (nSPS) is 21.4. The molecule has 3 rings (SSSR count). The van der Waals surface area contributed by atoms with Crippen LogP contribution >= 0.6 is 11.6 Å². The van der Waals surface area contributed by atoms with Crippen LogP contribution in [0.1, 0.15) is 20.7 Å². The molecule has 5 nitrogen and oxygen atoms in total. The van der Waals surface area contributed by atoms with E-state index in [9.17, 15) is 19.5 Å². The average Bonchev–Trinajstić information content (AvgIpc) is 2.68. The van der Waals surface area contributed by atoms with E-state index in [1.165, 1.54) is 54.9 Å². The van der Waals surface area contributed by atoms with Crippen LogP contribution in [0.3, 0.4) is 0 Å². The van der Waals surface area contributed by atoms with Crippen LogP contribution in [0.25, 0.3) is 0 Å². The number of carboxylic acids is 1. The van der Waals surface area contributed by atoms with Crippen molar-refractivity contribution < 1.29 is 23.9 Å². The number of Topliss-reactive ketones (excluding diaryl/α,β-unsaturated/α-hetero) is 2. The second kappa shape index (κ2) is 7.25. The number of hydrogen-bond donors (Lipinski definition) is 1. The van der Waals surface area contributed by atoms with Crippen molar-refractivity contribution in [1.82, 2.24) is 4.98 Å². The van der Waals surface area contributed by atoms with Crippen LogP contribution in [0.15, 0.2) is 72.8 Å². The SMILES string of the molecule is O=C(O)C1C=CC=C(F)C1(C(=O)c1ccc(Cl)cc1)C(=O)c1cccnc1. The summed E-state index contributed by atoms with van der Waals surface area (Å²) in [5, 5.41) is 9.98. The lowest BCUT2D eigenvalue weighted by Crippen LogP contribution is -2.49. The highest BCUT2D eigenvalue weighted by Crippen LogP contribution is 2.46. The van der Waals surface area contributed by atoms with Crippen LogP contribution in [0.2, 0.25) is 5.02 Å². The predicted molar refractivity (Wildman–Crippen MR) is 96.2 cm³/mol. The fourth-order valence-corrected chi connectivity index (χ4v) is 3.23. The van der Waals surface area contributed by atoms with Crippen molar-refractivity contribution in [3.8, 4) is 0 Å². The van der Waals surface area contributed by atoms with Gasteiger partial charge in [0.1, 0.15) is 11.7 Å². The largest absolute Gasteiger partial charge is 0.481 e. The number of pyridine rings is 1. The molecule has 0 aliphatic heterocycles. The Bertz CT molecular complexity index is 969. The van der Waals surface area contributed by atoms with Crippen LogP contribution in [0.5, 0.6) is 0 Å². The van der Waals surface area contributed by atoms with Crippen molar-refractivity contribution in [2.24, 2.45) is 11.3 Å². The van der Waals surface area contributed by atoms with E-state index in [0.717, 1.165) is 12.2 Å². The second-order valence-electron chi connectivity index (χ2n) is 5.93. The molecule has 0 amide bonds. The fraction of sp³-hybridized carbons (Fsp3) is 0.100. The molecule has 1 aliphatic carbocycles. The number of nitrogens with zero attached hydrogens (tertiary/aromatic N) is 1. The molecule has 0 radical (unpaired) electrons. The van der Waals surface area contributed by atoms with Crippen LogP contribution in [-0.2, 0) is 4.79 Å². The number of aliphatic carboxylic acids is 1. The first-order chi connectivity index (χ1) is 12.9. The quantitative estimate of drug-likeness (QED) is 0.623. The van der Waals surface area contributed by atoms with Crippen LogP contribution in [-0.4, -0.2) is 27.6 Å². The molecule has 2 atom stereocenters. The Kier molecular flexibility index (Phi) is 5.01. The fourth-order valence-electron chi connectivity index (χ4n) is 3.10. The van der Waals surface area contributed by atoms with E-state index < -0.39 is 34.7 Å². The van der Waals surface area contributed by atoms with Crippen LogP contribution in [0, 0.1) is 11.3 Å². The molecule has 0 fully saturated rings. The van der Waals surface area contributed by atoms with E-state index in [-0.39, 0.29) is 11.1 Å². The van der Waals surface area contributed by atoms with Gasteiger partial charge in [0.2, 0.25) is 0 Å². The van der Waals surface area contributed by atoms with Crippen molar-refractivity contribution in [2.75, 3.05) is 0 Å². The summed E-state index contributed by atoms with van der Waals surface area (Å²) in [5.41, 5.74) is -2.65. The standard InChI is InChI=1S/C20H13ClFNO4/c21-14-8-6-12(7-9-14)17(24)20(18(25)13-3-2-10-23-11-13)15(19(26)27)4-1-5-16(20)22/h1-11,15H,(H,26,27). The number of carbonyl (C=O) groups is 3. The minimum absolute atomic E-state index is 0.0262. The Labute approximate surface area is 158 Å². The summed E-state index contributed by atoms with van der Waals surface area (Å²) in [6.07, 6.45) is 5.82. The molecule has 27 heavy (non-hydrogen) atoms. The summed E-state index contributed by atoms with van der Waals surface area (Å²) in [6, 6.07) is 8.28. The van der Waals surface area contributed by atoms with Gasteiger partial charge in [0, 0.05) is 28.5 Å². The average molecular weight is 386 g/mol. The van der Waals surface area contributed by atoms with E-state index in [4.69, 9.17) is 11.6 Å². The highest BCUT2D eigenvalue weighted by molar-refractivity contribution is 6.31. The van der Waals surface area contributed by atoms with E-state index in [0.29, 0.717) is 5.02 Å². The van der Waals surface area contributed by atoms with Crippen molar-refractivity contribution >= 4 is 29.1 Å². The number of rotatable bonds is 5. The van der Waals surface area contributed by atoms with E-state index >= 15 is 4.39 Å². The van der Waals surface area contributed by atoms with Crippen LogP contribution < -0.4 is 0 Å². The van der Waals surface area contributed by atoms with Gasteiger partial charge >= 0.3 is 5.97 Å². The summed E-state index contributed by atoms with van der Waals surface area (Å²) in [6.45, 7) is 0. The monoisotopic (exact) mass is 385 g/mol. The van der Waals surface area contributed by atoms with Gasteiger partial charge in [-0.05, 0) is 42.5 Å². The van der Waals surface area contributed by atoms with Gasteiger partial charge in [-0.1, -0.05) is 23.8 Å². The molecular weight excluding hydrogens is 373 g/mol. The second-order valence-corrected chi connectivity index (χ2v) is 6.37. The Morgan fingerprint density at radius 3 is 2.33 bits per heavy atom. The van der Waals surface area contributed by atoms with E-state index in [1.54, 1.807) is 0 Å². The van der Waals surface area contributed by atoms with Crippen molar-refractivity contribution in [3.05, 3.63) is 89.0 Å². The lowest BCUT2D eigenvalue weighted by Gasteiger charge is -2.35. The molecular formula is C20H13ClFNO4. The highest BCUT2D eigenvalue weighted by Gasteiger charge is 2.58.